The van der Waals surface area contributed by atoms with Crippen LogP contribution < -0.4 is 10.6 Å². The summed E-state index contributed by atoms with van der Waals surface area (Å²) < 4.78 is 0. The fourth-order valence-electron chi connectivity index (χ4n) is 2.51. The van der Waals surface area contributed by atoms with Gasteiger partial charge in [-0.1, -0.05) is 0 Å². The van der Waals surface area contributed by atoms with E-state index in [9.17, 15) is 5.11 Å². The molecule has 6 heteroatoms. The van der Waals surface area contributed by atoms with Crippen LogP contribution in [0.4, 0.5) is 0 Å². The van der Waals surface area contributed by atoms with Crippen LogP contribution >= 0.6 is 24.0 Å². The Balaban J connectivity index is 0.00000220. The highest BCUT2D eigenvalue weighted by molar-refractivity contribution is 14.0. The first-order valence-electron chi connectivity index (χ1n) is 8.20. The molecule has 0 aromatic rings. The Labute approximate surface area is 146 Å². The second-order valence-corrected chi connectivity index (χ2v) is 6.02. The maximum absolute atomic E-state index is 9.48. The molecule has 2 aliphatic rings. The predicted octanol–water partition coefficient (Wildman–Crippen LogP) is 1.42. The molecule has 0 aromatic heterocycles. The van der Waals surface area contributed by atoms with Gasteiger partial charge in [-0.05, 0) is 51.5 Å². The molecule has 2 fully saturated rings. The number of likely N-dealkylation sites (tertiary alicyclic amines) is 1. The second-order valence-electron chi connectivity index (χ2n) is 6.02. The Kier molecular flexibility index (Phi) is 9.59. The monoisotopic (exact) mass is 410 g/mol. The molecule has 1 aliphatic heterocycles. The third-order valence-electron chi connectivity index (χ3n) is 4.05. The zero-order valence-corrected chi connectivity index (χ0v) is 15.5. The lowest BCUT2D eigenvalue weighted by atomic mass is 10.1. The van der Waals surface area contributed by atoms with E-state index in [1.54, 1.807) is 0 Å². The van der Waals surface area contributed by atoms with Crippen molar-refractivity contribution in [3.8, 4) is 0 Å². The lowest BCUT2D eigenvalue weighted by molar-refractivity contribution is 0.0823. The van der Waals surface area contributed by atoms with Gasteiger partial charge in [0, 0.05) is 32.7 Å². The van der Waals surface area contributed by atoms with E-state index in [1.165, 1.54) is 12.8 Å². The van der Waals surface area contributed by atoms with Crippen molar-refractivity contribution in [3.63, 3.8) is 0 Å². The van der Waals surface area contributed by atoms with E-state index < -0.39 is 0 Å². The van der Waals surface area contributed by atoms with Crippen LogP contribution in [0.3, 0.4) is 0 Å². The molecule has 0 aromatic carbocycles. The minimum absolute atomic E-state index is 0. The lowest BCUT2D eigenvalue weighted by Gasteiger charge is -2.29. The summed E-state index contributed by atoms with van der Waals surface area (Å²) >= 11 is 0. The van der Waals surface area contributed by atoms with Crippen LogP contribution in [0, 0.1) is 5.92 Å². The van der Waals surface area contributed by atoms with Gasteiger partial charge in [-0.15, -0.1) is 24.0 Å². The largest absolute Gasteiger partial charge is 0.393 e. The number of hydrogen-bond acceptors (Lipinski definition) is 3. The summed E-state index contributed by atoms with van der Waals surface area (Å²) in [6.45, 7) is 8.15. The summed E-state index contributed by atoms with van der Waals surface area (Å²) in [5, 5.41) is 16.2. The van der Waals surface area contributed by atoms with Crippen molar-refractivity contribution in [3.05, 3.63) is 0 Å². The first-order valence-corrected chi connectivity index (χ1v) is 8.20. The van der Waals surface area contributed by atoms with Crippen molar-refractivity contribution < 1.29 is 5.11 Å². The third-order valence-corrected chi connectivity index (χ3v) is 4.05. The molecule has 1 aliphatic carbocycles. The van der Waals surface area contributed by atoms with Crippen LogP contribution in [0.15, 0.2) is 4.99 Å². The number of guanidine groups is 1. The highest BCUT2D eigenvalue weighted by Gasteiger charge is 2.20. The number of aliphatic hydroxyl groups excluding tert-OH is 1. The number of nitrogens with one attached hydrogen (secondary N) is 2. The molecule has 0 atom stereocenters. The molecule has 0 bridgehead atoms. The standard InChI is InChI=1S/C15H30N4O.HI/c1-2-16-15(18-12-13-4-5-13)17-8-3-9-19-10-6-14(20)7-11-19;/h13-14,20H,2-12H2,1H3,(H2,16,17,18);1H. The maximum Gasteiger partial charge on any atom is 0.191 e. The second kappa shape index (κ2) is 10.6. The number of aliphatic hydroxyl groups is 1. The highest BCUT2D eigenvalue weighted by Crippen LogP contribution is 2.28. The number of halogens is 1. The van der Waals surface area contributed by atoms with Crippen LogP contribution in [0.1, 0.15) is 39.0 Å². The van der Waals surface area contributed by atoms with Gasteiger partial charge < -0.3 is 20.6 Å². The van der Waals surface area contributed by atoms with E-state index >= 15 is 0 Å². The molecule has 2 rings (SSSR count). The molecule has 0 spiro atoms. The summed E-state index contributed by atoms with van der Waals surface area (Å²) in [5.74, 6) is 1.80. The van der Waals surface area contributed by atoms with Crippen LogP contribution in [0.2, 0.25) is 0 Å². The topological polar surface area (TPSA) is 59.9 Å². The zero-order valence-electron chi connectivity index (χ0n) is 13.2. The highest BCUT2D eigenvalue weighted by atomic mass is 127. The molecule has 0 unspecified atom stereocenters. The van der Waals surface area contributed by atoms with E-state index in [0.717, 1.165) is 70.4 Å². The first-order chi connectivity index (χ1) is 9.78. The van der Waals surface area contributed by atoms with Gasteiger partial charge in [0.05, 0.1) is 6.10 Å². The fourth-order valence-corrected chi connectivity index (χ4v) is 2.51. The van der Waals surface area contributed by atoms with Gasteiger partial charge in [0.25, 0.3) is 0 Å². The Morgan fingerprint density at radius 1 is 1.19 bits per heavy atom. The number of nitrogens with zero attached hydrogens (tertiary/aromatic N) is 2. The normalized spacial score (nSPS) is 21.0. The maximum atomic E-state index is 9.48. The molecule has 1 saturated heterocycles. The predicted molar refractivity (Wildman–Crippen MR) is 98.4 cm³/mol. The van der Waals surface area contributed by atoms with E-state index in [-0.39, 0.29) is 30.1 Å². The summed E-state index contributed by atoms with van der Waals surface area (Å²) in [7, 11) is 0. The number of hydrogen-bond donors (Lipinski definition) is 3. The molecule has 3 N–H and O–H groups in total. The summed E-state index contributed by atoms with van der Waals surface area (Å²) in [6.07, 6.45) is 5.62. The van der Waals surface area contributed by atoms with Crippen molar-refractivity contribution in [2.75, 3.05) is 39.3 Å². The quantitative estimate of drug-likeness (QED) is 0.257. The Morgan fingerprint density at radius 3 is 2.52 bits per heavy atom. The zero-order chi connectivity index (χ0) is 14.2. The minimum Gasteiger partial charge on any atom is -0.393 e. The van der Waals surface area contributed by atoms with Crippen molar-refractivity contribution in [2.24, 2.45) is 10.9 Å². The Morgan fingerprint density at radius 2 is 1.90 bits per heavy atom. The molecule has 1 saturated carbocycles. The molecule has 1 heterocycles. The van der Waals surface area contributed by atoms with Crippen molar-refractivity contribution >= 4 is 29.9 Å². The van der Waals surface area contributed by atoms with Gasteiger partial charge in [-0.25, -0.2) is 0 Å². The summed E-state index contributed by atoms with van der Waals surface area (Å²) in [4.78, 5) is 7.06. The van der Waals surface area contributed by atoms with Crippen molar-refractivity contribution in [1.82, 2.24) is 15.5 Å². The van der Waals surface area contributed by atoms with Crippen LogP contribution in [-0.2, 0) is 0 Å². The van der Waals surface area contributed by atoms with Crippen LogP contribution in [0.25, 0.3) is 0 Å². The van der Waals surface area contributed by atoms with Gasteiger partial charge in [0.15, 0.2) is 5.96 Å². The molecule has 0 radical (unpaired) electrons. The van der Waals surface area contributed by atoms with E-state index in [0.29, 0.717) is 0 Å². The van der Waals surface area contributed by atoms with Crippen LogP contribution in [0.5, 0.6) is 0 Å². The molecular formula is C15H31IN4O. The van der Waals surface area contributed by atoms with E-state index in [2.05, 4.69) is 27.4 Å². The van der Waals surface area contributed by atoms with E-state index in [1.807, 2.05) is 0 Å². The third kappa shape index (κ3) is 8.21. The molecule has 124 valence electrons. The van der Waals surface area contributed by atoms with Crippen molar-refractivity contribution in [1.29, 1.82) is 0 Å². The molecule has 0 amide bonds. The first kappa shape index (κ1) is 19.0. The van der Waals surface area contributed by atoms with Crippen LogP contribution in [-0.4, -0.2) is 61.3 Å². The van der Waals surface area contributed by atoms with Gasteiger partial charge in [-0.3, -0.25) is 4.99 Å². The smallest absolute Gasteiger partial charge is 0.191 e. The molecule has 21 heavy (non-hydrogen) atoms. The Bertz CT molecular complexity index is 302. The number of rotatable bonds is 7. The van der Waals surface area contributed by atoms with E-state index in [4.69, 9.17) is 0 Å². The average molecular weight is 410 g/mol. The Hall–Kier alpha value is -0.0800. The number of piperidine rings is 1. The van der Waals surface area contributed by atoms with Gasteiger partial charge >= 0.3 is 0 Å². The summed E-state index contributed by atoms with van der Waals surface area (Å²) in [6, 6.07) is 0. The fraction of sp³-hybridized carbons (Fsp3) is 0.933. The van der Waals surface area contributed by atoms with Gasteiger partial charge in [0.2, 0.25) is 0 Å². The van der Waals surface area contributed by atoms with Gasteiger partial charge in [-0.2, -0.15) is 0 Å². The van der Waals surface area contributed by atoms with Gasteiger partial charge in [0.1, 0.15) is 0 Å². The molecular weight excluding hydrogens is 379 g/mol. The number of aliphatic imine (C=N–C) groups is 1. The lowest BCUT2D eigenvalue weighted by Crippen LogP contribution is -2.40. The van der Waals surface area contributed by atoms with Crippen molar-refractivity contribution in [2.45, 2.75) is 45.1 Å². The molecule has 5 nitrogen and oxygen atoms in total. The average Bonchev–Trinajstić information content (AvgIpc) is 3.27. The SMILES string of the molecule is CCNC(=NCC1CC1)NCCCN1CCC(O)CC1.I. The summed E-state index contributed by atoms with van der Waals surface area (Å²) in [5.41, 5.74) is 0. The minimum atomic E-state index is -0.0701.